The minimum atomic E-state index is -0.383. The van der Waals surface area contributed by atoms with Gasteiger partial charge in [-0.1, -0.05) is 11.6 Å². The van der Waals surface area contributed by atoms with Crippen LogP contribution in [0, 0.1) is 13.8 Å². The summed E-state index contributed by atoms with van der Waals surface area (Å²) in [6, 6.07) is 4.53. The van der Waals surface area contributed by atoms with Crippen molar-refractivity contribution in [3.63, 3.8) is 0 Å². The second kappa shape index (κ2) is 8.00. The van der Waals surface area contributed by atoms with Gasteiger partial charge in [0.1, 0.15) is 11.1 Å². The highest BCUT2D eigenvalue weighted by Crippen LogP contribution is 2.37. The molecule has 2 fully saturated rings. The molecule has 1 atom stereocenters. The normalized spacial score (nSPS) is 18.9. The third-order valence-electron chi connectivity index (χ3n) is 6.32. The number of nitrogens with zero attached hydrogens (tertiary/aromatic N) is 5. The summed E-state index contributed by atoms with van der Waals surface area (Å²) in [5.74, 6) is 0.592. The lowest BCUT2D eigenvalue weighted by atomic mass is 9.93. The first-order chi connectivity index (χ1) is 15.0. The van der Waals surface area contributed by atoms with Crippen molar-refractivity contribution in [2.45, 2.75) is 51.7 Å². The van der Waals surface area contributed by atoms with E-state index < -0.39 is 0 Å². The molecule has 1 saturated carbocycles. The van der Waals surface area contributed by atoms with Crippen molar-refractivity contribution in [2.75, 3.05) is 18.0 Å². The minimum absolute atomic E-state index is 0.0435. The Morgan fingerprint density at radius 3 is 2.87 bits per heavy atom. The molecule has 3 aromatic heterocycles. The van der Waals surface area contributed by atoms with Gasteiger partial charge in [0.15, 0.2) is 0 Å². The maximum Gasteiger partial charge on any atom is 0.285 e. The molecule has 0 bridgehead atoms. The number of aryl methyl sites for hydroxylation is 1. The number of pyridine rings is 1. The van der Waals surface area contributed by atoms with Gasteiger partial charge in [0.25, 0.3) is 5.56 Å². The van der Waals surface area contributed by atoms with Crippen LogP contribution in [0.25, 0.3) is 11.1 Å². The zero-order chi connectivity index (χ0) is 21.5. The maximum absolute atomic E-state index is 11.7. The van der Waals surface area contributed by atoms with E-state index in [-0.39, 0.29) is 16.7 Å². The molecule has 31 heavy (non-hydrogen) atoms. The predicted molar refractivity (Wildman–Crippen MR) is 119 cm³/mol. The number of anilines is 1. The van der Waals surface area contributed by atoms with Crippen LogP contribution in [-0.2, 0) is 0 Å². The Morgan fingerprint density at radius 1 is 1.26 bits per heavy atom. The van der Waals surface area contributed by atoms with Crippen molar-refractivity contribution < 1.29 is 4.74 Å². The standard InChI is InChI=1S/C22H25ClN6O2/c1-13-20(14(2)29(27-13)16-4-3-5-16)15-6-8-24-19(10-15)31-17-7-9-28(12-17)18-11-25-26-22(30)21(18)23/h6,8,10-11,16-17H,3-5,7,9,12H2,1-2H3,(H,26,30)/t17-/m1/s1. The number of hydrogen-bond acceptors (Lipinski definition) is 6. The smallest absolute Gasteiger partial charge is 0.285 e. The fraction of sp³-hybridized carbons (Fsp3) is 0.455. The summed E-state index contributed by atoms with van der Waals surface area (Å²) in [6.45, 7) is 5.56. The molecular formula is C22H25ClN6O2. The van der Waals surface area contributed by atoms with E-state index in [4.69, 9.17) is 21.4 Å². The average Bonchev–Trinajstić information content (AvgIpc) is 3.27. The molecule has 4 heterocycles. The predicted octanol–water partition coefficient (Wildman–Crippen LogP) is 3.68. The molecule has 8 nitrogen and oxygen atoms in total. The van der Waals surface area contributed by atoms with E-state index in [0.29, 0.717) is 24.2 Å². The summed E-state index contributed by atoms with van der Waals surface area (Å²) in [5.41, 5.74) is 4.71. The Kier molecular flexibility index (Phi) is 5.17. The van der Waals surface area contributed by atoms with E-state index in [1.807, 2.05) is 17.0 Å². The van der Waals surface area contributed by atoms with Gasteiger partial charge in [0.2, 0.25) is 5.88 Å². The number of ether oxygens (including phenoxy) is 1. The van der Waals surface area contributed by atoms with E-state index in [1.54, 1.807) is 12.4 Å². The van der Waals surface area contributed by atoms with Gasteiger partial charge in [-0.05, 0) is 44.7 Å². The first-order valence-corrected chi connectivity index (χ1v) is 11.1. The lowest BCUT2D eigenvalue weighted by Gasteiger charge is -2.27. The Hall–Kier alpha value is -2.87. The summed E-state index contributed by atoms with van der Waals surface area (Å²) in [5, 5.41) is 11.2. The SMILES string of the molecule is Cc1nn(C2CCC2)c(C)c1-c1ccnc(O[C@@H]2CCN(c3cn[nH]c(=O)c3Cl)C2)c1. The Labute approximate surface area is 185 Å². The molecule has 0 spiro atoms. The lowest BCUT2D eigenvalue weighted by Crippen LogP contribution is -2.26. The topological polar surface area (TPSA) is 88.9 Å². The summed E-state index contributed by atoms with van der Waals surface area (Å²) in [6.07, 6.45) is 7.83. The van der Waals surface area contributed by atoms with Crippen LogP contribution >= 0.6 is 11.6 Å². The molecule has 5 rings (SSSR count). The van der Waals surface area contributed by atoms with E-state index >= 15 is 0 Å². The molecular weight excluding hydrogens is 416 g/mol. The molecule has 0 amide bonds. The van der Waals surface area contributed by atoms with Crippen LogP contribution in [-0.4, -0.2) is 44.2 Å². The van der Waals surface area contributed by atoms with Crippen molar-refractivity contribution >= 4 is 17.3 Å². The molecule has 0 radical (unpaired) electrons. The molecule has 0 unspecified atom stereocenters. The van der Waals surface area contributed by atoms with Gasteiger partial charge in [-0.2, -0.15) is 10.2 Å². The third-order valence-corrected chi connectivity index (χ3v) is 6.68. The second-order valence-corrected chi connectivity index (χ2v) is 8.71. The van der Waals surface area contributed by atoms with E-state index in [1.165, 1.54) is 25.0 Å². The summed E-state index contributed by atoms with van der Waals surface area (Å²) in [7, 11) is 0. The van der Waals surface area contributed by atoms with Gasteiger partial charge in [-0.3, -0.25) is 9.48 Å². The maximum atomic E-state index is 11.7. The molecule has 1 saturated heterocycles. The van der Waals surface area contributed by atoms with Crippen molar-refractivity contribution in [2.24, 2.45) is 0 Å². The van der Waals surface area contributed by atoms with Crippen molar-refractivity contribution in [1.82, 2.24) is 25.0 Å². The summed E-state index contributed by atoms with van der Waals surface area (Å²) < 4.78 is 8.38. The van der Waals surface area contributed by atoms with E-state index in [9.17, 15) is 4.79 Å². The van der Waals surface area contributed by atoms with Gasteiger partial charge < -0.3 is 9.64 Å². The Balaban J connectivity index is 1.33. The molecule has 9 heteroatoms. The van der Waals surface area contributed by atoms with Crippen molar-refractivity contribution in [3.05, 3.63) is 51.3 Å². The molecule has 1 N–H and O–H groups in total. The van der Waals surface area contributed by atoms with Crippen LogP contribution in [0.2, 0.25) is 5.02 Å². The van der Waals surface area contributed by atoms with Gasteiger partial charge in [-0.15, -0.1) is 0 Å². The van der Waals surface area contributed by atoms with Crippen LogP contribution < -0.4 is 15.2 Å². The third kappa shape index (κ3) is 3.69. The lowest BCUT2D eigenvalue weighted by molar-refractivity contribution is 0.216. The fourth-order valence-corrected chi connectivity index (χ4v) is 4.72. The Bertz CT molecular complexity index is 1170. The number of halogens is 1. The number of rotatable bonds is 5. The van der Waals surface area contributed by atoms with Crippen LogP contribution in [0.1, 0.15) is 43.1 Å². The molecule has 162 valence electrons. The number of hydrogen-bond donors (Lipinski definition) is 1. The van der Waals surface area contributed by atoms with Crippen LogP contribution in [0.5, 0.6) is 5.88 Å². The largest absolute Gasteiger partial charge is 0.472 e. The van der Waals surface area contributed by atoms with E-state index in [0.717, 1.165) is 29.8 Å². The molecule has 1 aliphatic heterocycles. The molecule has 0 aromatic carbocycles. The monoisotopic (exact) mass is 440 g/mol. The molecule has 2 aliphatic rings. The Morgan fingerprint density at radius 2 is 2.10 bits per heavy atom. The highest BCUT2D eigenvalue weighted by Gasteiger charge is 2.28. The van der Waals surface area contributed by atoms with Gasteiger partial charge in [-0.25, -0.2) is 10.1 Å². The minimum Gasteiger partial charge on any atom is -0.472 e. The van der Waals surface area contributed by atoms with Gasteiger partial charge in [0, 0.05) is 36.5 Å². The van der Waals surface area contributed by atoms with Crippen molar-refractivity contribution in [1.29, 1.82) is 0 Å². The van der Waals surface area contributed by atoms with Crippen LogP contribution in [0.3, 0.4) is 0 Å². The first kappa shape index (κ1) is 20.1. The van der Waals surface area contributed by atoms with Gasteiger partial charge >= 0.3 is 0 Å². The van der Waals surface area contributed by atoms with Crippen LogP contribution in [0.4, 0.5) is 5.69 Å². The zero-order valence-corrected chi connectivity index (χ0v) is 18.4. The average molecular weight is 441 g/mol. The number of H-pyrrole nitrogens is 1. The summed E-state index contributed by atoms with van der Waals surface area (Å²) in [4.78, 5) is 18.2. The first-order valence-electron chi connectivity index (χ1n) is 10.7. The van der Waals surface area contributed by atoms with Crippen molar-refractivity contribution in [3.8, 4) is 17.0 Å². The van der Waals surface area contributed by atoms with Gasteiger partial charge in [0.05, 0.1) is 30.2 Å². The quantitative estimate of drug-likeness (QED) is 0.651. The number of aromatic amines is 1. The molecule has 3 aromatic rings. The molecule has 1 aliphatic carbocycles. The second-order valence-electron chi connectivity index (χ2n) is 8.33. The van der Waals surface area contributed by atoms with Crippen LogP contribution in [0.15, 0.2) is 29.3 Å². The number of nitrogens with one attached hydrogen (secondary N) is 1. The highest BCUT2D eigenvalue weighted by atomic mass is 35.5. The fourth-order valence-electron chi connectivity index (χ4n) is 4.51. The zero-order valence-electron chi connectivity index (χ0n) is 17.6. The number of aromatic nitrogens is 5. The van der Waals surface area contributed by atoms with E-state index in [2.05, 4.69) is 33.7 Å². The highest BCUT2D eigenvalue weighted by molar-refractivity contribution is 6.33. The summed E-state index contributed by atoms with van der Waals surface area (Å²) >= 11 is 6.15.